The molecule has 0 aliphatic heterocycles. The van der Waals surface area contributed by atoms with E-state index in [0.29, 0.717) is 19.4 Å². The van der Waals surface area contributed by atoms with Crippen molar-refractivity contribution in [1.82, 2.24) is 10.6 Å². The molecule has 0 spiro atoms. The molecule has 0 saturated carbocycles. The second kappa shape index (κ2) is 12.6. The number of carboxylic acid groups (broad SMARTS) is 3. The van der Waals surface area contributed by atoms with Crippen molar-refractivity contribution in [2.45, 2.75) is 57.0 Å². The van der Waals surface area contributed by atoms with E-state index in [4.69, 9.17) is 21.1 Å². The number of hydrogen-bond acceptors (Lipinski definition) is 6. The maximum atomic E-state index is 12.3. The molecule has 11 nitrogen and oxygen atoms in total. The predicted molar refractivity (Wildman–Crippen MR) is 88.1 cm³/mol. The van der Waals surface area contributed by atoms with Crippen LogP contribution >= 0.6 is 0 Å². The quantitative estimate of drug-likeness (QED) is 0.204. The van der Waals surface area contributed by atoms with Gasteiger partial charge in [-0.2, -0.15) is 0 Å². The number of nitrogens with one attached hydrogen (secondary N) is 2. The normalized spacial score (nSPS) is 12.7. The lowest BCUT2D eigenvalue weighted by Crippen LogP contribution is -2.51. The maximum Gasteiger partial charge on any atom is 0.326 e. The monoisotopic (exact) mass is 375 g/mol. The number of carbonyl (C=O) groups is 5. The Hall–Kier alpha value is -2.69. The van der Waals surface area contributed by atoms with Crippen molar-refractivity contribution in [3.05, 3.63) is 0 Å². The molecule has 0 heterocycles. The molecule has 26 heavy (non-hydrogen) atoms. The average molecular weight is 375 g/mol. The average Bonchev–Trinajstić information content (AvgIpc) is 2.55. The Labute approximate surface area is 149 Å². The van der Waals surface area contributed by atoms with Gasteiger partial charge in [0.1, 0.15) is 12.1 Å². The van der Waals surface area contributed by atoms with Crippen LogP contribution in [0.15, 0.2) is 0 Å². The van der Waals surface area contributed by atoms with Gasteiger partial charge in [0.05, 0.1) is 6.42 Å². The lowest BCUT2D eigenvalue weighted by atomic mass is 10.1. The highest BCUT2D eigenvalue weighted by Gasteiger charge is 2.26. The van der Waals surface area contributed by atoms with E-state index >= 15 is 0 Å². The van der Waals surface area contributed by atoms with Gasteiger partial charge in [0.2, 0.25) is 11.8 Å². The number of hydrogen-bond donors (Lipinski definition) is 6. The number of carbonyl (C=O) groups excluding carboxylic acids is 2. The summed E-state index contributed by atoms with van der Waals surface area (Å²) in [4.78, 5) is 56.4. The van der Waals surface area contributed by atoms with Gasteiger partial charge in [-0.1, -0.05) is 0 Å². The first kappa shape index (κ1) is 23.3. The molecule has 0 unspecified atom stereocenters. The molecule has 148 valence electrons. The maximum absolute atomic E-state index is 12.3. The van der Waals surface area contributed by atoms with Crippen LogP contribution < -0.4 is 16.4 Å². The fourth-order valence-corrected chi connectivity index (χ4v) is 2.05. The topological polar surface area (TPSA) is 196 Å². The van der Waals surface area contributed by atoms with Gasteiger partial charge in [-0.25, -0.2) is 4.79 Å². The van der Waals surface area contributed by atoms with Gasteiger partial charge in [-0.15, -0.1) is 0 Å². The summed E-state index contributed by atoms with van der Waals surface area (Å²) >= 11 is 0. The molecule has 0 saturated heterocycles. The van der Waals surface area contributed by atoms with Crippen LogP contribution in [0.5, 0.6) is 0 Å². The van der Waals surface area contributed by atoms with Crippen molar-refractivity contribution < 1.29 is 39.3 Å². The Kier molecular flexibility index (Phi) is 11.3. The molecule has 0 aromatic rings. The third kappa shape index (κ3) is 11.0. The second-order valence-electron chi connectivity index (χ2n) is 5.63. The number of nitrogens with two attached hydrogens (primary N) is 1. The largest absolute Gasteiger partial charge is 0.481 e. The van der Waals surface area contributed by atoms with E-state index in [9.17, 15) is 24.0 Å². The Morgan fingerprint density at radius 3 is 1.88 bits per heavy atom. The first-order valence-corrected chi connectivity index (χ1v) is 8.13. The number of rotatable bonds is 14. The molecular formula is C15H25N3O8. The van der Waals surface area contributed by atoms with Gasteiger partial charge in [-0.05, 0) is 32.2 Å². The number of amides is 2. The summed E-state index contributed by atoms with van der Waals surface area (Å²) in [6.07, 6.45) is -0.332. The van der Waals surface area contributed by atoms with Crippen LogP contribution in [-0.4, -0.2) is 63.7 Å². The molecule has 0 rings (SSSR count). The standard InChI is InChI=1S/C15H25N3O8/c16-8-2-1-3-10(15(25)26)18-14(24)9(4-6-12(20)21)17-11(19)5-7-13(22)23/h9-10H,1-8,16H2,(H,17,19)(H,18,24)(H,20,21)(H,22,23)(H,25,26)/t9-,10-/m0/s1. The van der Waals surface area contributed by atoms with Crippen LogP contribution in [-0.2, 0) is 24.0 Å². The second-order valence-corrected chi connectivity index (χ2v) is 5.63. The van der Waals surface area contributed by atoms with Gasteiger partial charge in [0.15, 0.2) is 0 Å². The SMILES string of the molecule is NCCCC[C@H](NC(=O)[C@H](CCC(=O)O)NC(=O)CCC(=O)O)C(=O)O. The molecule has 0 aliphatic rings. The highest BCUT2D eigenvalue weighted by Crippen LogP contribution is 2.05. The summed E-state index contributed by atoms with van der Waals surface area (Å²) < 4.78 is 0. The zero-order valence-corrected chi connectivity index (χ0v) is 14.3. The summed E-state index contributed by atoms with van der Waals surface area (Å²) in [6.45, 7) is 0.376. The van der Waals surface area contributed by atoms with E-state index in [1.807, 2.05) is 0 Å². The van der Waals surface area contributed by atoms with Gasteiger partial charge in [0, 0.05) is 12.8 Å². The van der Waals surface area contributed by atoms with Crippen LogP contribution in [0.2, 0.25) is 0 Å². The van der Waals surface area contributed by atoms with E-state index in [0.717, 1.165) is 0 Å². The van der Waals surface area contributed by atoms with E-state index in [1.165, 1.54) is 0 Å². The lowest BCUT2D eigenvalue weighted by molar-refractivity contribution is -0.143. The predicted octanol–water partition coefficient (Wildman–Crippen LogP) is -1.10. The molecule has 0 fully saturated rings. The smallest absolute Gasteiger partial charge is 0.326 e. The Morgan fingerprint density at radius 2 is 1.38 bits per heavy atom. The summed E-state index contributed by atoms with van der Waals surface area (Å²) in [5, 5.41) is 31.0. The van der Waals surface area contributed by atoms with Crippen molar-refractivity contribution in [2.24, 2.45) is 5.73 Å². The molecule has 2 amide bonds. The Morgan fingerprint density at radius 1 is 0.769 bits per heavy atom. The first-order valence-electron chi connectivity index (χ1n) is 8.13. The van der Waals surface area contributed by atoms with E-state index < -0.39 is 54.6 Å². The van der Waals surface area contributed by atoms with E-state index in [2.05, 4.69) is 10.6 Å². The van der Waals surface area contributed by atoms with Gasteiger partial charge < -0.3 is 31.7 Å². The first-order chi connectivity index (χ1) is 12.2. The van der Waals surface area contributed by atoms with Crippen molar-refractivity contribution in [3.8, 4) is 0 Å². The molecular weight excluding hydrogens is 350 g/mol. The van der Waals surface area contributed by atoms with Gasteiger partial charge >= 0.3 is 17.9 Å². The Balaban J connectivity index is 4.88. The lowest BCUT2D eigenvalue weighted by Gasteiger charge is -2.21. The zero-order valence-electron chi connectivity index (χ0n) is 14.3. The molecule has 11 heteroatoms. The van der Waals surface area contributed by atoms with Gasteiger partial charge in [0.25, 0.3) is 0 Å². The Bertz CT molecular complexity index is 523. The van der Waals surface area contributed by atoms with Crippen LogP contribution in [0.3, 0.4) is 0 Å². The highest BCUT2D eigenvalue weighted by atomic mass is 16.4. The molecule has 0 bridgehead atoms. The van der Waals surface area contributed by atoms with E-state index in [-0.39, 0.29) is 19.3 Å². The molecule has 2 atom stereocenters. The van der Waals surface area contributed by atoms with Crippen molar-refractivity contribution in [2.75, 3.05) is 6.54 Å². The summed E-state index contributed by atoms with van der Waals surface area (Å²) in [6, 6.07) is -2.47. The third-order valence-corrected chi connectivity index (χ3v) is 3.43. The number of carboxylic acids is 3. The minimum absolute atomic E-state index is 0.136. The molecule has 0 aromatic carbocycles. The molecule has 0 radical (unpaired) electrons. The van der Waals surface area contributed by atoms with Crippen molar-refractivity contribution in [1.29, 1.82) is 0 Å². The molecule has 0 aromatic heterocycles. The van der Waals surface area contributed by atoms with Crippen LogP contribution in [0, 0.1) is 0 Å². The number of unbranched alkanes of at least 4 members (excludes halogenated alkanes) is 1. The van der Waals surface area contributed by atoms with Crippen molar-refractivity contribution in [3.63, 3.8) is 0 Å². The molecule has 0 aliphatic carbocycles. The van der Waals surface area contributed by atoms with E-state index in [1.54, 1.807) is 0 Å². The van der Waals surface area contributed by atoms with Crippen molar-refractivity contribution >= 4 is 29.7 Å². The van der Waals surface area contributed by atoms with Crippen LogP contribution in [0.1, 0.15) is 44.9 Å². The minimum Gasteiger partial charge on any atom is -0.481 e. The van der Waals surface area contributed by atoms with Gasteiger partial charge in [-0.3, -0.25) is 19.2 Å². The summed E-state index contributed by atoms with van der Waals surface area (Å²) in [5.41, 5.74) is 5.33. The van der Waals surface area contributed by atoms with Crippen LogP contribution in [0.25, 0.3) is 0 Å². The fraction of sp³-hybridized carbons (Fsp3) is 0.667. The van der Waals surface area contributed by atoms with Crippen LogP contribution in [0.4, 0.5) is 0 Å². The molecule has 7 N–H and O–H groups in total. The third-order valence-electron chi connectivity index (χ3n) is 3.43. The minimum atomic E-state index is -1.27. The summed E-state index contributed by atoms with van der Waals surface area (Å²) in [5.74, 6) is -5.23. The summed E-state index contributed by atoms with van der Waals surface area (Å²) in [7, 11) is 0. The zero-order chi connectivity index (χ0) is 20.1. The highest BCUT2D eigenvalue weighted by molar-refractivity contribution is 5.91. The fourth-order valence-electron chi connectivity index (χ4n) is 2.05. The number of aliphatic carboxylic acids is 3.